The third-order valence-corrected chi connectivity index (χ3v) is 5.71. The highest BCUT2D eigenvalue weighted by Crippen LogP contribution is 2.35. The molecule has 7 nitrogen and oxygen atoms in total. The molecule has 2 aromatic rings. The SMILES string of the molecule is O=[N+]([O-])c1cccc2c(N3CCSCC3)nc(N3CCNCC3)cc12. The van der Waals surface area contributed by atoms with Crippen LogP contribution in [0.15, 0.2) is 24.3 Å². The number of benzene rings is 1. The monoisotopic (exact) mass is 359 g/mol. The van der Waals surface area contributed by atoms with Crippen LogP contribution in [0.3, 0.4) is 0 Å². The molecule has 8 heteroatoms. The molecule has 0 spiro atoms. The van der Waals surface area contributed by atoms with E-state index in [4.69, 9.17) is 4.98 Å². The lowest BCUT2D eigenvalue weighted by molar-refractivity contribution is -0.383. The molecule has 0 atom stereocenters. The molecule has 2 aliphatic heterocycles. The van der Waals surface area contributed by atoms with Crippen molar-refractivity contribution in [2.45, 2.75) is 0 Å². The maximum absolute atomic E-state index is 11.5. The summed E-state index contributed by atoms with van der Waals surface area (Å²) in [6, 6.07) is 7.18. The van der Waals surface area contributed by atoms with E-state index in [0.717, 1.165) is 67.8 Å². The quantitative estimate of drug-likeness (QED) is 0.664. The van der Waals surface area contributed by atoms with Crippen molar-refractivity contribution in [1.82, 2.24) is 10.3 Å². The molecule has 4 rings (SSSR count). The Bertz CT molecular complexity index is 788. The van der Waals surface area contributed by atoms with Crippen LogP contribution in [0.25, 0.3) is 10.8 Å². The maximum Gasteiger partial charge on any atom is 0.277 e. The number of nitro groups is 1. The molecule has 0 aliphatic carbocycles. The number of thioether (sulfide) groups is 1. The van der Waals surface area contributed by atoms with Crippen molar-refractivity contribution in [3.8, 4) is 0 Å². The minimum atomic E-state index is -0.292. The third-order valence-electron chi connectivity index (χ3n) is 4.77. The van der Waals surface area contributed by atoms with Gasteiger partial charge in [-0.15, -0.1) is 0 Å². The van der Waals surface area contributed by atoms with Gasteiger partial charge in [0, 0.05) is 62.2 Å². The number of piperazine rings is 1. The van der Waals surface area contributed by atoms with E-state index in [1.807, 2.05) is 23.9 Å². The smallest absolute Gasteiger partial charge is 0.277 e. The molecule has 2 fully saturated rings. The van der Waals surface area contributed by atoms with Crippen LogP contribution in [0.2, 0.25) is 0 Å². The molecule has 0 radical (unpaired) electrons. The van der Waals surface area contributed by atoms with Crippen molar-refractivity contribution >= 4 is 39.9 Å². The van der Waals surface area contributed by atoms with Crippen LogP contribution in [-0.2, 0) is 0 Å². The van der Waals surface area contributed by atoms with Gasteiger partial charge in [0.05, 0.1) is 10.3 Å². The summed E-state index contributed by atoms with van der Waals surface area (Å²) in [6.07, 6.45) is 0. The van der Waals surface area contributed by atoms with Gasteiger partial charge >= 0.3 is 0 Å². The second-order valence-electron chi connectivity index (χ2n) is 6.27. The Morgan fingerprint density at radius 2 is 1.84 bits per heavy atom. The predicted molar refractivity (Wildman–Crippen MR) is 103 cm³/mol. The normalized spacial score (nSPS) is 18.6. The molecule has 0 unspecified atom stereocenters. The van der Waals surface area contributed by atoms with Gasteiger partial charge in [0.1, 0.15) is 11.6 Å². The average Bonchev–Trinajstić information content (AvgIpc) is 2.68. The molecule has 2 aliphatic rings. The molecule has 2 saturated heterocycles. The minimum Gasteiger partial charge on any atom is -0.354 e. The van der Waals surface area contributed by atoms with Crippen molar-refractivity contribution in [2.75, 3.05) is 60.6 Å². The fraction of sp³-hybridized carbons (Fsp3) is 0.471. The number of nitrogens with one attached hydrogen (secondary N) is 1. The number of non-ortho nitro benzene ring substituents is 1. The molecule has 0 amide bonds. The van der Waals surface area contributed by atoms with Gasteiger partial charge in [-0.3, -0.25) is 10.1 Å². The number of anilines is 2. The van der Waals surface area contributed by atoms with Crippen LogP contribution in [0.4, 0.5) is 17.3 Å². The molecule has 0 bridgehead atoms. The Kier molecular flexibility index (Phi) is 4.63. The van der Waals surface area contributed by atoms with Gasteiger partial charge in [0.25, 0.3) is 5.69 Å². The molecule has 3 heterocycles. The van der Waals surface area contributed by atoms with Crippen molar-refractivity contribution in [1.29, 1.82) is 0 Å². The van der Waals surface area contributed by atoms with Gasteiger partial charge in [0.2, 0.25) is 0 Å². The van der Waals surface area contributed by atoms with Gasteiger partial charge < -0.3 is 15.1 Å². The summed E-state index contributed by atoms with van der Waals surface area (Å²) in [4.78, 5) is 20.7. The molecule has 1 aromatic heterocycles. The van der Waals surface area contributed by atoms with Gasteiger partial charge in [0.15, 0.2) is 0 Å². The Balaban J connectivity index is 1.87. The van der Waals surface area contributed by atoms with Crippen molar-refractivity contribution in [3.05, 3.63) is 34.4 Å². The summed E-state index contributed by atoms with van der Waals surface area (Å²) in [6.45, 7) is 5.42. The predicted octanol–water partition coefficient (Wildman–Crippen LogP) is 2.11. The van der Waals surface area contributed by atoms with Crippen LogP contribution in [0, 0.1) is 10.1 Å². The summed E-state index contributed by atoms with van der Waals surface area (Å²) in [7, 11) is 0. The Labute approximate surface area is 150 Å². The molecule has 25 heavy (non-hydrogen) atoms. The molecular weight excluding hydrogens is 338 g/mol. The topological polar surface area (TPSA) is 74.5 Å². The van der Waals surface area contributed by atoms with E-state index >= 15 is 0 Å². The van der Waals surface area contributed by atoms with Gasteiger partial charge in [-0.2, -0.15) is 11.8 Å². The second-order valence-corrected chi connectivity index (χ2v) is 7.49. The molecule has 1 N–H and O–H groups in total. The first-order chi connectivity index (χ1) is 12.2. The lowest BCUT2D eigenvalue weighted by atomic mass is 10.1. The number of nitro benzene ring substituents is 1. The average molecular weight is 359 g/mol. The van der Waals surface area contributed by atoms with Crippen molar-refractivity contribution in [3.63, 3.8) is 0 Å². The third kappa shape index (κ3) is 3.23. The van der Waals surface area contributed by atoms with Crippen LogP contribution in [0.5, 0.6) is 0 Å². The van der Waals surface area contributed by atoms with Gasteiger partial charge in [-0.25, -0.2) is 4.98 Å². The first-order valence-electron chi connectivity index (χ1n) is 8.60. The largest absolute Gasteiger partial charge is 0.354 e. The standard InChI is InChI=1S/C17H21N5O2S/c23-22(24)15-3-1-2-13-14(15)12-16(20-6-4-18-5-7-20)19-17(13)21-8-10-25-11-9-21/h1-3,12,18H,4-11H2. The summed E-state index contributed by atoms with van der Waals surface area (Å²) < 4.78 is 0. The summed E-state index contributed by atoms with van der Waals surface area (Å²) in [5.74, 6) is 3.86. The Hall–Kier alpha value is -2.06. The number of pyridine rings is 1. The zero-order valence-corrected chi connectivity index (χ0v) is 14.8. The summed E-state index contributed by atoms with van der Waals surface area (Å²) >= 11 is 1.94. The zero-order chi connectivity index (χ0) is 17.2. The van der Waals surface area contributed by atoms with Crippen LogP contribution < -0.4 is 15.1 Å². The highest BCUT2D eigenvalue weighted by Gasteiger charge is 2.23. The second kappa shape index (κ2) is 7.05. The zero-order valence-electron chi connectivity index (χ0n) is 14.0. The molecule has 132 valence electrons. The molecule has 1 aromatic carbocycles. The lowest BCUT2D eigenvalue weighted by Gasteiger charge is -2.32. The first-order valence-corrected chi connectivity index (χ1v) is 9.76. The van der Waals surface area contributed by atoms with Gasteiger partial charge in [-0.05, 0) is 6.07 Å². The van der Waals surface area contributed by atoms with Crippen LogP contribution in [0.1, 0.15) is 0 Å². The van der Waals surface area contributed by atoms with E-state index in [-0.39, 0.29) is 10.6 Å². The van der Waals surface area contributed by atoms with E-state index in [1.54, 1.807) is 12.1 Å². The number of aromatic nitrogens is 1. The van der Waals surface area contributed by atoms with E-state index in [9.17, 15) is 10.1 Å². The molecule has 0 saturated carbocycles. The van der Waals surface area contributed by atoms with E-state index < -0.39 is 0 Å². The Morgan fingerprint density at radius 1 is 1.08 bits per heavy atom. The highest BCUT2D eigenvalue weighted by molar-refractivity contribution is 7.99. The van der Waals surface area contributed by atoms with Crippen molar-refractivity contribution < 1.29 is 4.92 Å². The number of fused-ring (bicyclic) bond motifs is 1. The summed E-state index contributed by atoms with van der Waals surface area (Å²) in [5.41, 5.74) is 0.156. The minimum absolute atomic E-state index is 0.156. The fourth-order valence-electron chi connectivity index (χ4n) is 3.46. The van der Waals surface area contributed by atoms with Crippen LogP contribution in [-0.4, -0.2) is 60.7 Å². The lowest BCUT2D eigenvalue weighted by Crippen LogP contribution is -2.44. The Morgan fingerprint density at radius 3 is 2.56 bits per heavy atom. The van der Waals surface area contributed by atoms with Crippen LogP contribution >= 0.6 is 11.8 Å². The summed E-state index contributed by atoms with van der Waals surface area (Å²) in [5, 5.41) is 16.4. The first kappa shape index (κ1) is 16.4. The number of nitrogens with zero attached hydrogens (tertiary/aromatic N) is 4. The molecular formula is C17H21N5O2S. The van der Waals surface area contributed by atoms with E-state index in [0.29, 0.717) is 5.39 Å². The van der Waals surface area contributed by atoms with E-state index in [1.165, 1.54) is 0 Å². The highest BCUT2D eigenvalue weighted by atomic mass is 32.2. The van der Waals surface area contributed by atoms with Crippen molar-refractivity contribution in [2.24, 2.45) is 0 Å². The number of rotatable bonds is 3. The fourth-order valence-corrected chi connectivity index (χ4v) is 4.36. The number of hydrogen-bond donors (Lipinski definition) is 1. The maximum atomic E-state index is 11.5. The number of hydrogen-bond acceptors (Lipinski definition) is 7. The van der Waals surface area contributed by atoms with E-state index in [2.05, 4.69) is 15.1 Å². The van der Waals surface area contributed by atoms with Gasteiger partial charge in [-0.1, -0.05) is 12.1 Å².